The number of nitrogens with two attached hydrogens (primary N) is 1. The van der Waals surface area contributed by atoms with Gasteiger partial charge in [-0.1, -0.05) is 35.9 Å². The molecule has 6 nitrogen and oxygen atoms in total. The van der Waals surface area contributed by atoms with Crippen LogP contribution in [0.2, 0.25) is 5.02 Å². The van der Waals surface area contributed by atoms with Crippen LogP contribution in [0.1, 0.15) is 30.9 Å². The van der Waals surface area contributed by atoms with E-state index in [1.165, 1.54) is 0 Å². The van der Waals surface area contributed by atoms with Crippen LogP contribution in [0.25, 0.3) is 0 Å². The van der Waals surface area contributed by atoms with Gasteiger partial charge in [0.15, 0.2) is 0 Å². The molecule has 2 aromatic carbocycles. The second kappa shape index (κ2) is 9.38. The summed E-state index contributed by atoms with van der Waals surface area (Å²) in [5.74, 6) is -0.264. The number of hydrogen-bond donors (Lipinski definition) is 1. The number of nitriles is 1. The van der Waals surface area contributed by atoms with Gasteiger partial charge in [-0.25, -0.2) is 4.79 Å². The molecule has 0 radical (unpaired) electrons. The number of benzene rings is 2. The molecule has 0 spiro atoms. The van der Waals surface area contributed by atoms with Crippen LogP contribution < -0.4 is 10.5 Å². The lowest BCUT2D eigenvalue weighted by Gasteiger charge is -2.26. The first-order chi connectivity index (χ1) is 14.4. The highest BCUT2D eigenvalue weighted by atomic mass is 35.5. The number of nitrogens with zero attached hydrogens (tertiary/aromatic N) is 1. The summed E-state index contributed by atoms with van der Waals surface area (Å²) in [6, 6.07) is 16.6. The van der Waals surface area contributed by atoms with Gasteiger partial charge in [-0.15, -0.1) is 0 Å². The fraction of sp³-hybridized carbons (Fsp3) is 0.217. The minimum absolute atomic E-state index is 0.0175. The van der Waals surface area contributed by atoms with E-state index in [1.54, 1.807) is 50.2 Å². The SMILES string of the molecule is CCOC(=O)C1=C(C)OC(N)=C(C#N)C1c1ccc(OCc2ccc(Cl)cc2)cc1. The lowest BCUT2D eigenvalue weighted by Crippen LogP contribution is -2.25. The first kappa shape index (κ1) is 21.3. The van der Waals surface area contributed by atoms with E-state index in [4.69, 9.17) is 31.5 Å². The fourth-order valence-corrected chi connectivity index (χ4v) is 3.32. The molecule has 0 aliphatic carbocycles. The van der Waals surface area contributed by atoms with Gasteiger partial charge >= 0.3 is 5.97 Å². The van der Waals surface area contributed by atoms with Crippen molar-refractivity contribution in [1.29, 1.82) is 5.26 Å². The van der Waals surface area contributed by atoms with Crippen molar-refractivity contribution >= 4 is 17.6 Å². The predicted octanol–water partition coefficient (Wildman–Crippen LogP) is 4.56. The molecule has 2 N–H and O–H groups in total. The highest BCUT2D eigenvalue weighted by Gasteiger charge is 2.36. The van der Waals surface area contributed by atoms with Gasteiger partial charge in [0, 0.05) is 5.02 Å². The van der Waals surface area contributed by atoms with E-state index in [0.29, 0.717) is 28.7 Å². The van der Waals surface area contributed by atoms with Gasteiger partial charge in [-0.05, 0) is 49.2 Å². The highest BCUT2D eigenvalue weighted by molar-refractivity contribution is 6.30. The molecular formula is C23H21ClN2O4. The van der Waals surface area contributed by atoms with Crippen LogP contribution in [0.3, 0.4) is 0 Å². The summed E-state index contributed by atoms with van der Waals surface area (Å²) in [5.41, 5.74) is 8.03. The van der Waals surface area contributed by atoms with Crippen molar-refractivity contribution in [3.63, 3.8) is 0 Å². The zero-order valence-corrected chi connectivity index (χ0v) is 17.4. The first-order valence-electron chi connectivity index (χ1n) is 9.37. The number of esters is 1. The molecule has 1 aliphatic rings. The standard InChI is InChI=1S/C23H21ClN2O4/c1-3-28-23(27)20-14(2)30-22(26)19(12-25)21(20)16-6-10-18(11-7-16)29-13-15-4-8-17(24)9-5-15/h4-11,21H,3,13,26H2,1-2H3. The van der Waals surface area contributed by atoms with Crippen LogP contribution in [0, 0.1) is 11.3 Å². The molecule has 2 aromatic rings. The Labute approximate surface area is 180 Å². The van der Waals surface area contributed by atoms with Crippen molar-refractivity contribution in [1.82, 2.24) is 0 Å². The number of carbonyl (C=O) groups excluding carboxylic acids is 1. The maximum atomic E-state index is 12.5. The summed E-state index contributed by atoms with van der Waals surface area (Å²) in [5, 5.41) is 10.3. The summed E-state index contributed by atoms with van der Waals surface area (Å²) < 4.78 is 16.4. The number of hydrogen-bond acceptors (Lipinski definition) is 6. The molecule has 30 heavy (non-hydrogen) atoms. The van der Waals surface area contributed by atoms with E-state index in [0.717, 1.165) is 5.56 Å². The van der Waals surface area contributed by atoms with E-state index in [-0.39, 0.29) is 23.6 Å². The molecule has 3 rings (SSSR count). The zero-order chi connectivity index (χ0) is 21.7. The Hall–Kier alpha value is -3.43. The van der Waals surface area contributed by atoms with E-state index in [2.05, 4.69) is 6.07 Å². The molecule has 0 saturated carbocycles. The van der Waals surface area contributed by atoms with Crippen molar-refractivity contribution in [3.8, 4) is 11.8 Å². The molecule has 0 saturated heterocycles. The third-order valence-corrected chi connectivity index (χ3v) is 4.89. The van der Waals surface area contributed by atoms with Crippen LogP contribution in [0.15, 0.2) is 71.3 Å². The normalized spacial score (nSPS) is 16.0. The van der Waals surface area contributed by atoms with Crippen molar-refractivity contribution in [2.24, 2.45) is 5.73 Å². The molecule has 1 aliphatic heterocycles. The average molecular weight is 425 g/mol. The quantitative estimate of drug-likeness (QED) is 0.683. The van der Waals surface area contributed by atoms with Crippen molar-refractivity contribution in [3.05, 3.63) is 87.5 Å². The van der Waals surface area contributed by atoms with Gasteiger partial charge in [0.2, 0.25) is 5.88 Å². The minimum atomic E-state index is -0.673. The van der Waals surface area contributed by atoms with Crippen LogP contribution in [-0.2, 0) is 20.9 Å². The van der Waals surface area contributed by atoms with Crippen LogP contribution in [-0.4, -0.2) is 12.6 Å². The van der Waals surface area contributed by atoms with Gasteiger partial charge in [0.05, 0.1) is 18.1 Å². The Morgan fingerprint density at radius 3 is 2.47 bits per heavy atom. The van der Waals surface area contributed by atoms with Crippen LogP contribution >= 0.6 is 11.6 Å². The third-order valence-electron chi connectivity index (χ3n) is 4.63. The Morgan fingerprint density at radius 2 is 1.87 bits per heavy atom. The Kier molecular flexibility index (Phi) is 6.65. The summed E-state index contributed by atoms with van der Waals surface area (Å²) in [7, 11) is 0. The third kappa shape index (κ3) is 4.58. The first-order valence-corrected chi connectivity index (χ1v) is 9.75. The Balaban J connectivity index is 1.85. The molecule has 154 valence electrons. The second-order valence-electron chi connectivity index (χ2n) is 6.60. The van der Waals surface area contributed by atoms with Crippen molar-refractivity contribution in [2.45, 2.75) is 26.4 Å². The molecule has 0 amide bonds. The van der Waals surface area contributed by atoms with Gasteiger partial charge in [0.25, 0.3) is 0 Å². The predicted molar refractivity (Wildman–Crippen MR) is 112 cm³/mol. The molecule has 0 fully saturated rings. The van der Waals surface area contributed by atoms with Crippen molar-refractivity contribution in [2.75, 3.05) is 6.61 Å². The van der Waals surface area contributed by atoms with Gasteiger partial charge in [-0.3, -0.25) is 0 Å². The average Bonchev–Trinajstić information content (AvgIpc) is 2.73. The Bertz CT molecular complexity index is 1030. The summed E-state index contributed by atoms with van der Waals surface area (Å²) in [4.78, 5) is 12.5. The van der Waals surface area contributed by atoms with Gasteiger partial charge in [-0.2, -0.15) is 5.26 Å². The number of ether oxygens (including phenoxy) is 3. The zero-order valence-electron chi connectivity index (χ0n) is 16.6. The van der Waals surface area contributed by atoms with E-state index in [9.17, 15) is 10.1 Å². The summed E-state index contributed by atoms with van der Waals surface area (Å²) in [6.07, 6.45) is 0. The monoisotopic (exact) mass is 424 g/mol. The molecule has 1 atom stereocenters. The van der Waals surface area contributed by atoms with Crippen LogP contribution in [0.5, 0.6) is 5.75 Å². The largest absolute Gasteiger partial charge is 0.489 e. The minimum Gasteiger partial charge on any atom is -0.489 e. The summed E-state index contributed by atoms with van der Waals surface area (Å²) in [6.45, 7) is 3.94. The van der Waals surface area contributed by atoms with Crippen LogP contribution in [0.4, 0.5) is 0 Å². The highest BCUT2D eigenvalue weighted by Crippen LogP contribution is 2.40. The fourth-order valence-electron chi connectivity index (χ4n) is 3.19. The van der Waals surface area contributed by atoms with Gasteiger partial charge < -0.3 is 19.9 Å². The molecular weight excluding hydrogens is 404 g/mol. The maximum absolute atomic E-state index is 12.5. The molecule has 1 heterocycles. The molecule has 0 aromatic heterocycles. The Morgan fingerprint density at radius 1 is 1.20 bits per heavy atom. The molecule has 1 unspecified atom stereocenters. The molecule has 0 bridgehead atoms. The van der Waals surface area contributed by atoms with E-state index >= 15 is 0 Å². The number of rotatable bonds is 6. The smallest absolute Gasteiger partial charge is 0.338 e. The van der Waals surface area contributed by atoms with E-state index in [1.807, 2.05) is 12.1 Å². The maximum Gasteiger partial charge on any atom is 0.338 e. The molecule has 7 heteroatoms. The second-order valence-corrected chi connectivity index (χ2v) is 7.04. The lowest BCUT2D eigenvalue weighted by molar-refractivity contribution is -0.139. The topological polar surface area (TPSA) is 94.6 Å². The summed E-state index contributed by atoms with van der Waals surface area (Å²) >= 11 is 5.90. The number of halogens is 1. The number of allylic oxidation sites excluding steroid dienone is 2. The number of carbonyl (C=O) groups is 1. The van der Waals surface area contributed by atoms with E-state index < -0.39 is 11.9 Å². The van der Waals surface area contributed by atoms with Gasteiger partial charge in [0.1, 0.15) is 29.8 Å². The lowest BCUT2D eigenvalue weighted by atomic mass is 9.83. The van der Waals surface area contributed by atoms with Crippen molar-refractivity contribution < 1.29 is 19.0 Å².